The number of ether oxygens (including phenoxy) is 1. The number of phenolic OH excluding ortho intramolecular Hbond substituents is 1. The number of thiocarbonyl (C=S) groups is 1. The van der Waals surface area contributed by atoms with Crippen molar-refractivity contribution in [1.29, 1.82) is 0 Å². The minimum atomic E-state index is -0.325. The van der Waals surface area contributed by atoms with Gasteiger partial charge in [-0.1, -0.05) is 36.4 Å². The highest BCUT2D eigenvalue weighted by atomic mass is 32.1. The third kappa shape index (κ3) is 4.58. The van der Waals surface area contributed by atoms with Crippen molar-refractivity contribution in [3.8, 4) is 17.2 Å². The van der Waals surface area contributed by atoms with Crippen molar-refractivity contribution < 1.29 is 14.6 Å². The Morgan fingerprint density at radius 1 is 0.923 bits per heavy atom. The zero-order chi connectivity index (χ0) is 18.4. The first-order chi connectivity index (χ1) is 12.6. The lowest BCUT2D eigenvalue weighted by Gasteiger charge is -2.14. The summed E-state index contributed by atoms with van der Waals surface area (Å²) >= 11 is 5.20. The second-order valence-corrected chi connectivity index (χ2v) is 5.78. The van der Waals surface area contributed by atoms with Crippen molar-refractivity contribution in [2.75, 3.05) is 5.32 Å². The molecule has 0 aliphatic carbocycles. The summed E-state index contributed by atoms with van der Waals surface area (Å²) in [6.07, 6.45) is 0. The van der Waals surface area contributed by atoms with Crippen LogP contribution >= 0.6 is 12.2 Å². The summed E-state index contributed by atoms with van der Waals surface area (Å²) in [5.41, 5.74) is 0.931. The van der Waals surface area contributed by atoms with E-state index in [0.29, 0.717) is 22.7 Å². The van der Waals surface area contributed by atoms with Gasteiger partial charge in [-0.25, -0.2) is 0 Å². The molecule has 3 aromatic carbocycles. The smallest absolute Gasteiger partial charge is 0.257 e. The Bertz CT molecular complexity index is 915. The number of nitrogens with one attached hydrogen (secondary N) is 2. The Morgan fingerprint density at radius 3 is 2.27 bits per heavy atom. The molecule has 26 heavy (non-hydrogen) atoms. The molecule has 0 fully saturated rings. The van der Waals surface area contributed by atoms with Crippen LogP contribution in [-0.2, 0) is 0 Å². The van der Waals surface area contributed by atoms with Crippen molar-refractivity contribution >= 4 is 28.9 Å². The maximum absolute atomic E-state index is 12.2. The number of para-hydroxylation sites is 1. The highest BCUT2D eigenvalue weighted by Gasteiger charge is 2.11. The minimum absolute atomic E-state index is 0.0464. The van der Waals surface area contributed by atoms with E-state index in [1.165, 1.54) is 12.1 Å². The molecule has 0 aliphatic rings. The van der Waals surface area contributed by atoms with Crippen molar-refractivity contribution in [2.45, 2.75) is 0 Å². The number of benzene rings is 3. The van der Waals surface area contributed by atoms with Gasteiger partial charge in [0.25, 0.3) is 5.91 Å². The molecular weight excluding hydrogens is 348 g/mol. The number of carbonyl (C=O) groups excluding carboxylic acids is 1. The third-order valence-corrected chi connectivity index (χ3v) is 3.65. The molecule has 0 bridgehead atoms. The topological polar surface area (TPSA) is 70.6 Å². The van der Waals surface area contributed by atoms with Gasteiger partial charge in [0.15, 0.2) is 10.9 Å². The van der Waals surface area contributed by atoms with Crippen LogP contribution in [0.3, 0.4) is 0 Å². The fourth-order valence-electron chi connectivity index (χ4n) is 2.24. The number of hydrogen-bond acceptors (Lipinski definition) is 4. The van der Waals surface area contributed by atoms with Gasteiger partial charge in [-0.3, -0.25) is 10.1 Å². The molecule has 130 valence electrons. The van der Waals surface area contributed by atoms with E-state index in [9.17, 15) is 9.90 Å². The predicted molar refractivity (Wildman–Crippen MR) is 105 cm³/mol. The lowest BCUT2D eigenvalue weighted by Crippen LogP contribution is -2.34. The minimum Gasteiger partial charge on any atom is -0.508 e. The van der Waals surface area contributed by atoms with E-state index >= 15 is 0 Å². The van der Waals surface area contributed by atoms with E-state index in [2.05, 4.69) is 10.6 Å². The Kier molecular flexibility index (Phi) is 5.46. The van der Waals surface area contributed by atoms with Crippen LogP contribution in [0.15, 0.2) is 78.9 Å². The quantitative estimate of drug-likeness (QED) is 0.602. The molecule has 3 rings (SSSR count). The van der Waals surface area contributed by atoms with E-state index in [0.717, 1.165) is 0 Å². The number of phenols is 1. The average molecular weight is 364 g/mol. The molecule has 6 heteroatoms. The molecule has 0 aromatic heterocycles. The van der Waals surface area contributed by atoms with Gasteiger partial charge in [-0.15, -0.1) is 0 Å². The van der Waals surface area contributed by atoms with Crippen LogP contribution in [-0.4, -0.2) is 16.1 Å². The van der Waals surface area contributed by atoms with Gasteiger partial charge in [-0.2, -0.15) is 0 Å². The molecule has 0 radical (unpaired) electrons. The van der Waals surface area contributed by atoms with Crippen LogP contribution in [0.1, 0.15) is 10.4 Å². The molecule has 0 unspecified atom stereocenters. The fourth-order valence-corrected chi connectivity index (χ4v) is 2.44. The van der Waals surface area contributed by atoms with Gasteiger partial charge in [0.1, 0.15) is 11.5 Å². The standard InChI is InChI=1S/C20H16N2O3S/c23-15-11-12-18(25-16-9-5-2-6-10-16)17(13-15)21-20(26)22-19(24)14-7-3-1-4-8-14/h1-13,23H,(H2,21,22,24,26). The number of carbonyl (C=O) groups is 1. The number of aromatic hydroxyl groups is 1. The lowest BCUT2D eigenvalue weighted by atomic mass is 10.2. The van der Waals surface area contributed by atoms with Crippen molar-refractivity contribution in [1.82, 2.24) is 5.32 Å². The summed E-state index contributed by atoms with van der Waals surface area (Å²) in [5.74, 6) is 0.824. The summed E-state index contributed by atoms with van der Waals surface area (Å²) in [6.45, 7) is 0. The Balaban J connectivity index is 1.73. The van der Waals surface area contributed by atoms with Crippen LogP contribution in [0.5, 0.6) is 17.2 Å². The number of rotatable bonds is 4. The number of hydrogen-bond donors (Lipinski definition) is 3. The molecule has 0 spiro atoms. The van der Waals surface area contributed by atoms with Gasteiger partial charge in [0.2, 0.25) is 0 Å². The second-order valence-electron chi connectivity index (χ2n) is 5.37. The highest BCUT2D eigenvalue weighted by Crippen LogP contribution is 2.32. The second kappa shape index (κ2) is 8.13. The van der Waals surface area contributed by atoms with Gasteiger partial charge < -0.3 is 15.2 Å². The molecule has 0 saturated carbocycles. The molecular formula is C20H16N2O3S. The van der Waals surface area contributed by atoms with Gasteiger partial charge >= 0.3 is 0 Å². The van der Waals surface area contributed by atoms with Crippen LogP contribution in [0.2, 0.25) is 0 Å². The summed E-state index contributed by atoms with van der Waals surface area (Å²) in [5, 5.41) is 15.3. The predicted octanol–water partition coefficient (Wildman–Crippen LogP) is 4.31. The summed E-state index contributed by atoms with van der Waals surface area (Å²) in [7, 11) is 0. The molecule has 3 N–H and O–H groups in total. The fraction of sp³-hybridized carbons (Fsp3) is 0. The number of anilines is 1. The molecule has 0 saturated heterocycles. The zero-order valence-electron chi connectivity index (χ0n) is 13.7. The Hall–Kier alpha value is -3.38. The van der Waals surface area contributed by atoms with Crippen molar-refractivity contribution in [2.24, 2.45) is 0 Å². The molecule has 3 aromatic rings. The average Bonchev–Trinajstić information content (AvgIpc) is 2.65. The van der Waals surface area contributed by atoms with E-state index in [-0.39, 0.29) is 16.8 Å². The van der Waals surface area contributed by atoms with E-state index < -0.39 is 0 Å². The monoisotopic (exact) mass is 364 g/mol. The third-order valence-electron chi connectivity index (χ3n) is 3.45. The molecule has 1 amide bonds. The highest BCUT2D eigenvalue weighted by molar-refractivity contribution is 7.80. The summed E-state index contributed by atoms with van der Waals surface area (Å²) in [6, 6.07) is 22.6. The van der Waals surface area contributed by atoms with Crippen LogP contribution in [0.4, 0.5) is 5.69 Å². The summed E-state index contributed by atoms with van der Waals surface area (Å²) in [4.78, 5) is 12.2. The first-order valence-electron chi connectivity index (χ1n) is 7.85. The molecule has 0 aliphatic heterocycles. The van der Waals surface area contributed by atoms with Gasteiger partial charge in [0.05, 0.1) is 5.69 Å². The van der Waals surface area contributed by atoms with E-state index in [4.69, 9.17) is 17.0 Å². The normalized spacial score (nSPS) is 10.0. The van der Waals surface area contributed by atoms with Crippen molar-refractivity contribution in [3.63, 3.8) is 0 Å². The van der Waals surface area contributed by atoms with Crippen LogP contribution in [0.25, 0.3) is 0 Å². The SMILES string of the molecule is O=C(NC(=S)Nc1cc(O)ccc1Oc1ccccc1)c1ccccc1. The molecule has 0 atom stereocenters. The lowest BCUT2D eigenvalue weighted by molar-refractivity contribution is 0.0977. The first kappa shape index (κ1) is 17.4. The van der Waals surface area contributed by atoms with Crippen molar-refractivity contribution in [3.05, 3.63) is 84.4 Å². The maximum atomic E-state index is 12.2. The maximum Gasteiger partial charge on any atom is 0.257 e. The molecule has 0 heterocycles. The van der Waals surface area contributed by atoms with E-state index in [1.54, 1.807) is 30.3 Å². The molecule has 5 nitrogen and oxygen atoms in total. The Morgan fingerprint density at radius 2 is 1.58 bits per heavy atom. The van der Waals surface area contributed by atoms with Gasteiger partial charge in [0, 0.05) is 11.6 Å². The first-order valence-corrected chi connectivity index (χ1v) is 8.26. The largest absolute Gasteiger partial charge is 0.508 e. The van der Waals surface area contributed by atoms with Crippen LogP contribution < -0.4 is 15.4 Å². The Labute approximate surface area is 156 Å². The van der Waals surface area contributed by atoms with Crippen LogP contribution in [0, 0.1) is 0 Å². The number of amides is 1. The summed E-state index contributed by atoms with van der Waals surface area (Å²) < 4.78 is 5.81. The zero-order valence-corrected chi connectivity index (χ0v) is 14.5. The van der Waals surface area contributed by atoms with E-state index in [1.807, 2.05) is 36.4 Å². The van der Waals surface area contributed by atoms with Gasteiger partial charge in [-0.05, 0) is 48.6 Å².